The first kappa shape index (κ1) is 15.6. The molecule has 1 unspecified atom stereocenters. The fourth-order valence-electron chi connectivity index (χ4n) is 2.84. The van der Waals surface area contributed by atoms with Gasteiger partial charge in [-0.2, -0.15) is 0 Å². The minimum absolute atomic E-state index is 0.143. The lowest BCUT2D eigenvalue weighted by Crippen LogP contribution is -2.54. The lowest BCUT2D eigenvalue weighted by Gasteiger charge is -2.37. The fraction of sp³-hybridized carbons (Fsp3) is 0.438. The minimum atomic E-state index is -0.200. The largest absolute Gasteiger partial charge is 0.350 e. The van der Waals surface area contributed by atoms with E-state index >= 15 is 0 Å². The Kier molecular flexibility index (Phi) is 4.40. The number of aromatic amines is 1. The van der Waals surface area contributed by atoms with Gasteiger partial charge in [0, 0.05) is 37.8 Å². The Morgan fingerprint density at radius 2 is 2.22 bits per heavy atom. The number of hydrogen-bond acceptors (Lipinski definition) is 5. The molecule has 0 saturated carbocycles. The van der Waals surface area contributed by atoms with Gasteiger partial charge in [-0.3, -0.25) is 14.5 Å². The number of rotatable bonds is 3. The maximum Gasteiger partial charge on any atom is 0.258 e. The first-order valence-corrected chi connectivity index (χ1v) is 7.69. The lowest BCUT2D eigenvalue weighted by atomic mass is 10.1. The minimum Gasteiger partial charge on any atom is -0.350 e. The third-order valence-electron chi connectivity index (χ3n) is 4.38. The van der Waals surface area contributed by atoms with Crippen LogP contribution < -0.4 is 10.9 Å². The molecular weight excluding hydrogens is 294 g/mol. The Hall–Kier alpha value is -2.25. The molecule has 1 atom stereocenters. The molecule has 23 heavy (non-hydrogen) atoms. The van der Waals surface area contributed by atoms with Crippen molar-refractivity contribution in [3.63, 3.8) is 0 Å². The summed E-state index contributed by atoms with van der Waals surface area (Å²) in [7, 11) is 4.17. The van der Waals surface area contributed by atoms with Crippen molar-refractivity contribution in [2.24, 2.45) is 0 Å². The Labute approximate surface area is 134 Å². The monoisotopic (exact) mass is 315 g/mol. The van der Waals surface area contributed by atoms with Gasteiger partial charge in [0.15, 0.2) is 0 Å². The molecule has 1 aliphatic heterocycles. The highest BCUT2D eigenvalue weighted by Crippen LogP contribution is 2.10. The van der Waals surface area contributed by atoms with E-state index in [4.69, 9.17) is 0 Å². The van der Waals surface area contributed by atoms with Crippen LogP contribution in [0.5, 0.6) is 0 Å². The molecule has 2 N–H and O–H groups in total. The van der Waals surface area contributed by atoms with Crippen LogP contribution in [0.15, 0.2) is 29.3 Å². The number of fused-ring (bicyclic) bond motifs is 1. The van der Waals surface area contributed by atoms with Crippen molar-refractivity contribution in [3.8, 4) is 0 Å². The molecule has 0 spiro atoms. The molecule has 0 bridgehead atoms. The van der Waals surface area contributed by atoms with Crippen LogP contribution in [0.3, 0.4) is 0 Å². The molecule has 7 heteroatoms. The van der Waals surface area contributed by atoms with E-state index in [-0.39, 0.29) is 11.5 Å². The predicted molar refractivity (Wildman–Crippen MR) is 88.6 cm³/mol. The Bertz CT molecular complexity index is 772. The van der Waals surface area contributed by atoms with Gasteiger partial charge < -0.3 is 15.2 Å². The summed E-state index contributed by atoms with van der Waals surface area (Å²) < 4.78 is 0. The summed E-state index contributed by atoms with van der Waals surface area (Å²) in [6.45, 7) is 3.58. The van der Waals surface area contributed by atoms with E-state index in [1.807, 2.05) is 0 Å². The van der Waals surface area contributed by atoms with Gasteiger partial charge in [-0.1, -0.05) is 0 Å². The second kappa shape index (κ2) is 6.47. The normalized spacial score (nSPS) is 19.8. The topological polar surface area (TPSA) is 81.3 Å². The quantitative estimate of drug-likeness (QED) is 0.826. The highest BCUT2D eigenvalue weighted by Gasteiger charge is 2.22. The van der Waals surface area contributed by atoms with Gasteiger partial charge >= 0.3 is 0 Å². The summed E-state index contributed by atoms with van der Waals surface area (Å²) in [6, 6.07) is 5.25. The molecule has 1 amide bonds. The maximum absolute atomic E-state index is 12.3. The van der Waals surface area contributed by atoms with Crippen LogP contribution in [0, 0.1) is 0 Å². The molecule has 7 nitrogen and oxygen atoms in total. The van der Waals surface area contributed by atoms with Crippen LogP contribution in [0.25, 0.3) is 10.9 Å². The number of amides is 1. The molecule has 1 aromatic heterocycles. The van der Waals surface area contributed by atoms with Crippen molar-refractivity contribution < 1.29 is 4.79 Å². The molecule has 2 aromatic rings. The Balaban J connectivity index is 1.70. The first-order chi connectivity index (χ1) is 11.0. The van der Waals surface area contributed by atoms with Gasteiger partial charge in [0.05, 0.1) is 17.2 Å². The molecule has 3 rings (SSSR count). The number of nitrogens with one attached hydrogen (secondary N) is 2. The van der Waals surface area contributed by atoms with E-state index in [0.717, 1.165) is 19.6 Å². The molecule has 0 aliphatic carbocycles. The van der Waals surface area contributed by atoms with E-state index < -0.39 is 0 Å². The number of H-pyrrole nitrogens is 1. The third-order valence-corrected chi connectivity index (χ3v) is 4.38. The zero-order chi connectivity index (χ0) is 16.4. The summed E-state index contributed by atoms with van der Waals surface area (Å²) in [5, 5.41) is 3.46. The summed E-state index contributed by atoms with van der Waals surface area (Å²) in [5.41, 5.74) is 0.840. The van der Waals surface area contributed by atoms with E-state index in [2.05, 4.69) is 39.2 Å². The molecule has 1 fully saturated rings. The highest BCUT2D eigenvalue weighted by atomic mass is 16.1. The zero-order valence-electron chi connectivity index (χ0n) is 13.4. The molecule has 1 saturated heterocycles. The summed E-state index contributed by atoms with van der Waals surface area (Å²) in [4.78, 5) is 35.2. The van der Waals surface area contributed by atoms with Crippen LogP contribution in [-0.4, -0.2) is 72.0 Å². The van der Waals surface area contributed by atoms with Crippen molar-refractivity contribution in [1.82, 2.24) is 25.1 Å². The van der Waals surface area contributed by atoms with Crippen molar-refractivity contribution >= 4 is 16.8 Å². The Morgan fingerprint density at radius 3 is 3.04 bits per heavy atom. The van der Waals surface area contributed by atoms with E-state index in [1.54, 1.807) is 18.2 Å². The number of carbonyl (C=O) groups excluding carboxylic acids is 1. The lowest BCUT2D eigenvalue weighted by molar-refractivity contribution is 0.0881. The fourth-order valence-corrected chi connectivity index (χ4v) is 2.84. The van der Waals surface area contributed by atoms with Gasteiger partial charge in [0.2, 0.25) is 0 Å². The van der Waals surface area contributed by atoms with Crippen molar-refractivity contribution in [2.75, 3.05) is 40.3 Å². The summed E-state index contributed by atoms with van der Waals surface area (Å²) >= 11 is 0. The molecule has 2 heterocycles. The number of nitrogens with zero attached hydrogens (tertiary/aromatic N) is 3. The predicted octanol–water partition coefficient (Wildman–Crippen LogP) is -0.101. The Morgan fingerprint density at radius 1 is 1.39 bits per heavy atom. The van der Waals surface area contributed by atoms with Crippen LogP contribution in [0.4, 0.5) is 0 Å². The molecular formula is C16H21N5O2. The van der Waals surface area contributed by atoms with Crippen LogP contribution >= 0.6 is 0 Å². The SMILES string of the molecule is CN1CCN(C)C(CNC(=O)c2ccc3c(=O)[nH]cnc3c2)C1. The average molecular weight is 315 g/mol. The van der Waals surface area contributed by atoms with Crippen molar-refractivity contribution in [3.05, 3.63) is 40.4 Å². The van der Waals surface area contributed by atoms with Crippen molar-refractivity contribution in [1.29, 1.82) is 0 Å². The number of hydrogen-bond donors (Lipinski definition) is 2. The van der Waals surface area contributed by atoms with Gasteiger partial charge in [-0.05, 0) is 32.3 Å². The van der Waals surface area contributed by atoms with E-state index in [9.17, 15) is 9.59 Å². The standard InChI is InChI=1S/C16H21N5O2/c1-20-5-6-21(2)12(9-20)8-17-15(22)11-3-4-13-14(7-11)18-10-19-16(13)23/h3-4,7,10,12H,5-6,8-9H2,1-2H3,(H,17,22)(H,18,19,23). The number of carbonyl (C=O) groups is 1. The van der Waals surface area contributed by atoms with Gasteiger partial charge in [0.25, 0.3) is 11.5 Å². The summed E-state index contributed by atoms with van der Waals surface area (Å²) in [6.07, 6.45) is 1.35. The van der Waals surface area contributed by atoms with Gasteiger partial charge in [-0.25, -0.2) is 4.98 Å². The van der Waals surface area contributed by atoms with Crippen molar-refractivity contribution in [2.45, 2.75) is 6.04 Å². The number of likely N-dealkylation sites (N-methyl/N-ethyl adjacent to an activating group) is 2. The highest BCUT2D eigenvalue weighted by molar-refractivity contribution is 5.97. The molecule has 1 aromatic carbocycles. The summed E-state index contributed by atoms with van der Waals surface area (Å²) in [5.74, 6) is -0.143. The van der Waals surface area contributed by atoms with Crippen LogP contribution in [0.2, 0.25) is 0 Å². The van der Waals surface area contributed by atoms with Crippen LogP contribution in [-0.2, 0) is 0 Å². The van der Waals surface area contributed by atoms with E-state index in [1.165, 1.54) is 6.33 Å². The number of aromatic nitrogens is 2. The first-order valence-electron chi connectivity index (χ1n) is 7.69. The van der Waals surface area contributed by atoms with E-state index in [0.29, 0.717) is 29.1 Å². The number of benzene rings is 1. The third kappa shape index (κ3) is 3.40. The smallest absolute Gasteiger partial charge is 0.258 e. The molecule has 122 valence electrons. The van der Waals surface area contributed by atoms with Gasteiger partial charge in [-0.15, -0.1) is 0 Å². The second-order valence-corrected chi connectivity index (χ2v) is 6.07. The van der Waals surface area contributed by atoms with Gasteiger partial charge in [0.1, 0.15) is 0 Å². The zero-order valence-corrected chi connectivity index (χ0v) is 13.4. The molecule has 0 radical (unpaired) electrons. The second-order valence-electron chi connectivity index (χ2n) is 6.07. The number of piperazine rings is 1. The van der Waals surface area contributed by atoms with Crippen LogP contribution in [0.1, 0.15) is 10.4 Å². The maximum atomic E-state index is 12.3. The molecule has 1 aliphatic rings. The average Bonchev–Trinajstić information content (AvgIpc) is 2.55.